The van der Waals surface area contributed by atoms with Gasteiger partial charge in [-0.25, -0.2) is 9.07 Å². The smallest absolute Gasteiger partial charge is 0.274 e. The summed E-state index contributed by atoms with van der Waals surface area (Å²) in [6.45, 7) is 3.27. The normalized spacial score (nSPS) is 13.5. The van der Waals surface area contributed by atoms with Crippen molar-refractivity contribution in [2.24, 2.45) is 0 Å². The number of aryl methyl sites for hydroxylation is 1. The molecule has 0 bridgehead atoms. The zero-order valence-corrected chi connectivity index (χ0v) is 18.5. The Bertz CT molecular complexity index is 1400. The van der Waals surface area contributed by atoms with Crippen LogP contribution in [0.25, 0.3) is 16.7 Å². The first kappa shape index (κ1) is 21.6. The second-order valence-corrected chi connectivity index (χ2v) is 8.18. The number of amides is 2. The number of carbonyl (C=O) groups is 2. The number of nitrogens with zero attached hydrogens (tertiary/aromatic N) is 4. The first-order valence-electron chi connectivity index (χ1n) is 11.1. The Balaban J connectivity index is 1.43. The highest BCUT2D eigenvalue weighted by atomic mass is 19.1. The molecule has 2 aromatic carbocycles. The van der Waals surface area contributed by atoms with Crippen molar-refractivity contribution in [1.82, 2.24) is 19.8 Å². The Morgan fingerprint density at radius 3 is 2.68 bits per heavy atom. The third kappa shape index (κ3) is 3.87. The molecule has 0 saturated carbocycles. The van der Waals surface area contributed by atoms with E-state index in [4.69, 9.17) is 10.3 Å². The summed E-state index contributed by atoms with van der Waals surface area (Å²) in [4.78, 5) is 27.4. The van der Waals surface area contributed by atoms with E-state index in [0.29, 0.717) is 41.9 Å². The van der Waals surface area contributed by atoms with E-state index in [1.807, 2.05) is 6.92 Å². The number of nitrogens with two attached hydrogens (primary N) is 1. The highest BCUT2D eigenvalue weighted by molar-refractivity contribution is 6.04. The third-order valence-electron chi connectivity index (χ3n) is 5.94. The summed E-state index contributed by atoms with van der Waals surface area (Å²) in [7, 11) is 0. The topological polar surface area (TPSA) is 119 Å². The summed E-state index contributed by atoms with van der Waals surface area (Å²) >= 11 is 0. The Kier molecular flexibility index (Phi) is 5.48. The Morgan fingerprint density at radius 2 is 1.94 bits per heavy atom. The number of aromatic nitrogens is 3. The largest absolute Gasteiger partial charge is 0.380 e. The van der Waals surface area contributed by atoms with Gasteiger partial charge in [0.05, 0.1) is 22.5 Å². The maximum Gasteiger partial charge on any atom is 0.274 e. The predicted molar refractivity (Wildman–Crippen MR) is 124 cm³/mol. The number of likely N-dealkylation sites (tertiary alicyclic amines) is 1. The fourth-order valence-electron chi connectivity index (χ4n) is 4.08. The van der Waals surface area contributed by atoms with Gasteiger partial charge in [-0.05, 0) is 61.7 Å². The molecule has 0 spiro atoms. The summed E-state index contributed by atoms with van der Waals surface area (Å²) in [5.74, 6) is -1.19. The molecule has 34 heavy (non-hydrogen) atoms. The average Bonchev–Trinajstić information content (AvgIpc) is 3.60. The number of hydrogen-bond acceptors (Lipinski definition) is 6. The molecule has 1 fully saturated rings. The lowest BCUT2D eigenvalue weighted by atomic mass is 10.1. The van der Waals surface area contributed by atoms with E-state index < -0.39 is 11.7 Å². The summed E-state index contributed by atoms with van der Waals surface area (Å²) in [5, 5.41) is 11.4. The second kappa shape index (κ2) is 8.62. The van der Waals surface area contributed by atoms with Gasteiger partial charge >= 0.3 is 0 Å². The van der Waals surface area contributed by atoms with Gasteiger partial charge < -0.3 is 20.5 Å². The van der Waals surface area contributed by atoms with Gasteiger partial charge in [-0.3, -0.25) is 9.59 Å². The maximum atomic E-state index is 14.8. The maximum absolute atomic E-state index is 14.8. The van der Waals surface area contributed by atoms with Gasteiger partial charge in [-0.2, -0.15) is 5.10 Å². The number of halogens is 1. The zero-order chi connectivity index (χ0) is 23.8. The van der Waals surface area contributed by atoms with Crippen LogP contribution in [0.2, 0.25) is 0 Å². The molecular formula is C24H23FN6O3. The van der Waals surface area contributed by atoms with E-state index in [0.717, 1.165) is 18.9 Å². The molecule has 0 unspecified atom stereocenters. The van der Waals surface area contributed by atoms with Crippen LogP contribution in [0.3, 0.4) is 0 Å². The summed E-state index contributed by atoms with van der Waals surface area (Å²) in [6.07, 6.45) is 2.51. The van der Waals surface area contributed by atoms with Crippen LogP contribution in [0.4, 0.5) is 15.9 Å². The molecule has 1 aliphatic rings. The molecule has 0 radical (unpaired) electrons. The Hall–Kier alpha value is -4.21. The number of nitrogen functional groups attached to an aromatic ring is 1. The first-order valence-corrected chi connectivity index (χ1v) is 11.1. The number of nitrogens with one attached hydrogen (secondary N) is 1. The van der Waals surface area contributed by atoms with Gasteiger partial charge in [-0.15, -0.1) is 0 Å². The van der Waals surface area contributed by atoms with Crippen LogP contribution >= 0.6 is 0 Å². The van der Waals surface area contributed by atoms with E-state index in [2.05, 4.69) is 15.6 Å². The second-order valence-electron chi connectivity index (χ2n) is 8.18. The van der Waals surface area contributed by atoms with Crippen LogP contribution in [0, 0.1) is 5.82 Å². The van der Waals surface area contributed by atoms with E-state index in [-0.39, 0.29) is 28.7 Å². The predicted octanol–water partition coefficient (Wildman–Crippen LogP) is 3.79. The fraction of sp³-hybridized carbons (Fsp3) is 0.250. The van der Waals surface area contributed by atoms with Gasteiger partial charge in [0.1, 0.15) is 11.5 Å². The van der Waals surface area contributed by atoms with Crippen molar-refractivity contribution in [3.63, 3.8) is 0 Å². The molecule has 2 aromatic heterocycles. The van der Waals surface area contributed by atoms with Gasteiger partial charge in [0.15, 0.2) is 11.4 Å². The minimum absolute atomic E-state index is 0.0208. The molecule has 1 aliphatic heterocycles. The Labute approximate surface area is 194 Å². The van der Waals surface area contributed by atoms with E-state index in [9.17, 15) is 14.0 Å². The highest BCUT2D eigenvalue weighted by Gasteiger charge is 2.22. The highest BCUT2D eigenvalue weighted by Crippen LogP contribution is 2.25. The van der Waals surface area contributed by atoms with E-state index in [1.165, 1.54) is 16.8 Å². The Morgan fingerprint density at radius 1 is 1.15 bits per heavy atom. The molecular weight excluding hydrogens is 439 g/mol. The molecule has 4 aromatic rings. The number of benzene rings is 2. The van der Waals surface area contributed by atoms with Crippen molar-refractivity contribution >= 4 is 34.3 Å². The van der Waals surface area contributed by atoms with Crippen LogP contribution in [0.5, 0.6) is 0 Å². The molecule has 5 rings (SSSR count). The van der Waals surface area contributed by atoms with Crippen molar-refractivity contribution in [3.05, 3.63) is 65.2 Å². The minimum Gasteiger partial charge on any atom is -0.380 e. The molecule has 10 heteroatoms. The summed E-state index contributed by atoms with van der Waals surface area (Å²) in [5.41, 5.74) is 8.11. The van der Waals surface area contributed by atoms with Crippen molar-refractivity contribution in [3.8, 4) is 5.69 Å². The van der Waals surface area contributed by atoms with Crippen molar-refractivity contribution in [2.75, 3.05) is 24.1 Å². The molecule has 2 amide bonds. The third-order valence-corrected chi connectivity index (χ3v) is 5.94. The van der Waals surface area contributed by atoms with Gasteiger partial charge in [0, 0.05) is 18.7 Å². The van der Waals surface area contributed by atoms with Crippen LogP contribution in [0.1, 0.15) is 46.3 Å². The monoisotopic (exact) mass is 462 g/mol. The molecule has 3 heterocycles. The standard InChI is InChI=1S/C24H23FN6O3/c1-2-15-12-20(31(28-15)16-6-8-21-17(13-16)22(26)29-34-21)23(32)27-19-7-5-14(11-18(19)25)24(33)30-9-3-4-10-30/h5-8,11-13H,2-4,9-10H2,1H3,(H2,26,29)(H,27,32). The van der Waals surface area contributed by atoms with Crippen LogP contribution < -0.4 is 11.1 Å². The fourth-order valence-corrected chi connectivity index (χ4v) is 4.08. The van der Waals surface area contributed by atoms with E-state index >= 15 is 0 Å². The van der Waals surface area contributed by atoms with Crippen molar-refractivity contribution in [1.29, 1.82) is 0 Å². The minimum atomic E-state index is -0.682. The molecule has 0 aliphatic carbocycles. The lowest BCUT2D eigenvalue weighted by Crippen LogP contribution is -2.27. The molecule has 3 N–H and O–H groups in total. The quantitative estimate of drug-likeness (QED) is 0.466. The molecule has 1 saturated heterocycles. The lowest BCUT2D eigenvalue weighted by molar-refractivity contribution is 0.0792. The van der Waals surface area contributed by atoms with Crippen molar-refractivity contribution < 1.29 is 18.5 Å². The number of fused-ring (bicyclic) bond motifs is 1. The number of carbonyl (C=O) groups excluding carboxylic acids is 2. The first-order chi connectivity index (χ1) is 16.4. The summed E-state index contributed by atoms with van der Waals surface area (Å²) < 4.78 is 21.4. The summed E-state index contributed by atoms with van der Waals surface area (Å²) in [6, 6.07) is 10.9. The number of rotatable bonds is 5. The molecule has 174 valence electrons. The van der Waals surface area contributed by atoms with E-state index in [1.54, 1.807) is 29.2 Å². The van der Waals surface area contributed by atoms with Crippen molar-refractivity contribution in [2.45, 2.75) is 26.2 Å². The van der Waals surface area contributed by atoms with Gasteiger partial charge in [0.25, 0.3) is 11.8 Å². The van der Waals surface area contributed by atoms with Gasteiger partial charge in [-0.1, -0.05) is 12.1 Å². The average molecular weight is 462 g/mol. The molecule has 9 nitrogen and oxygen atoms in total. The zero-order valence-electron chi connectivity index (χ0n) is 18.5. The van der Waals surface area contributed by atoms with Crippen LogP contribution in [-0.2, 0) is 6.42 Å². The number of anilines is 2. The lowest BCUT2D eigenvalue weighted by Gasteiger charge is -2.16. The van der Waals surface area contributed by atoms with Crippen LogP contribution in [0.15, 0.2) is 47.0 Å². The van der Waals surface area contributed by atoms with Gasteiger partial charge in [0.2, 0.25) is 0 Å². The van der Waals surface area contributed by atoms with Crippen LogP contribution in [-0.4, -0.2) is 44.7 Å². The molecule has 0 atom stereocenters. The SMILES string of the molecule is CCc1cc(C(=O)Nc2ccc(C(=O)N3CCCC3)cc2F)n(-c2ccc3onc(N)c3c2)n1. The number of hydrogen-bond donors (Lipinski definition) is 2.